The van der Waals surface area contributed by atoms with Crippen molar-refractivity contribution in [2.24, 2.45) is 0 Å². The van der Waals surface area contributed by atoms with Gasteiger partial charge < -0.3 is 9.80 Å². The molecule has 4 rings (SSSR count). The first kappa shape index (κ1) is 28.9. The number of halogens is 3. The summed E-state index contributed by atoms with van der Waals surface area (Å²) in [4.78, 5) is 31.6. The maximum Gasteiger partial charge on any atom is 0.416 e. The van der Waals surface area contributed by atoms with Gasteiger partial charge in [-0.25, -0.2) is 8.42 Å². The van der Waals surface area contributed by atoms with Crippen molar-refractivity contribution in [1.82, 2.24) is 14.7 Å². The second kappa shape index (κ2) is 12.0. The largest absolute Gasteiger partial charge is 0.416 e. The van der Waals surface area contributed by atoms with Crippen molar-refractivity contribution in [2.45, 2.75) is 37.9 Å². The number of amides is 2. The lowest BCUT2D eigenvalue weighted by atomic mass is 10.0. The topological polar surface area (TPSA) is 90.0 Å². The predicted octanol–water partition coefficient (Wildman–Crippen LogP) is 3.46. The highest BCUT2D eigenvalue weighted by atomic mass is 32.2. The lowest BCUT2D eigenvalue weighted by Gasteiger charge is -2.42. The molecule has 2 saturated heterocycles. The van der Waals surface area contributed by atoms with Crippen LogP contribution in [-0.4, -0.2) is 86.5 Å². The molecule has 0 atom stereocenters. The average Bonchev–Trinajstić information content (AvgIpc) is 2.91. The normalized spacial score (nSPS) is 17.7. The Hall–Kier alpha value is -3.12. The molecule has 12 heteroatoms. The summed E-state index contributed by atoms with van der Waals surface area (Å²) in [7, 11) is -3.38. The number of carbonyl (C=O) groups excluding carboxylic acids is 2. The summed E-state index contributed by atoms with van der Waals surface area (Å²) >= 11 is 0. The van der Waals surface area contributed by atoms with Gasteiger partial charge in [0.2, 0.25) is 15.9 Å². The van der Waals surface area contributed by atoms with Gasteiger partial charge in [-0.15, -0.1) is 0 Å². The van der Waals surface area contributed by atoms with Crippen LogP contribution in [0.4, 0.5) is 18.9 Å². The van der Waals surface area contributed by atoms with Crippen LogP contribution in [0.1, 0.15) is 40.7 Å². The van der Waals surface area contributed by atoms with Crippen LogP contribution in [-0.2, 0) is 27.4 Å². The third-order valence-corrected chi connectivity index (χ3v) is 7.89. The molecule has 2 amide bonds. The van der Waals surface area contributed by atoms with E-state index < -0.39 is 21.8 Å². The summed E-state index contributed by atoms with van der Waals surface area (Å²) in [6, 6.07) is 11.7. The molecule has 0 saturated carbocycles. The molecule has 0 spiro atoms. The number of alkyl halides is 3. The van der Waals surface area contributed by atoms with E-state index in [0.717, 1.165) is 44.3 Å². The molecule has 8 nitrogen and oxygen atoms in total. The number of piperidine rings is 1. The van der Waals surface area contributed by atoms with Crippen LogP contribution in [0.5, 0.6) is 0 Å². The molecule has 2 aliphatic heterocycles. The molecule has 0 aromatic heterocycles. The average molecular weight is 567 g/mol. The van der Waals surface area contributed by atoms with Gasteiger partial charge in [0.05, 0.1) is 11.8 Å². The quantitative estimate of drug-likeness (QED) is 0.555. The summed E-state index contributed by atoms with van der Waals surface area (Å²) in [5.74, 6) is -0.0736. The van der Waals surface area contributed by atoms with Gasteiger partial charge in [-0.3, -0.25) is 19.2 Å². The number of aryl methyl sites for hydroxylation is 1. The van der Waals surface area contributed by atoms with Gasteiger partial charge in [0, 0.05) is 63.0 Å². The Kier molecular flexibility index (Phi) is 8.85. The van der Waals surface area contributed by atoms with Gasteiger partial charge >= 0.3 is 6.18 Å². The van der Waals surface area contributed by atoms with Crippen molar-refractivity contribution in [3.05, 3.63) is 65.2 Å². The van der Waals surface area contributed by atoms with Gasteiger partial charge in [0.15, 0.2) is 0 Å². The van der Waals surface area contributed by atoms with Gasteiger partial charge in [-0.05, 0) is 61.2 Å². The fraction of sp³-hybridized carbons (Fsp3) is 0.481. The molecule has 0 unspecified atom stereocenters. The van der Waals surface area contributed by atoms with Crippen LogP contribution in [0.2, 0.25) is 0 Å². The summed E-state index contributed by atoms with van der Waals surface area (Å²) < 4.78 is 63.3. The van der Waals surface area contributed by atoms with Crippen LogP contribution in [0, 0.1) is 0 Å². The standard InChI is InChI=1S/C27H33F3N4O4S/c1-39(37,38)31-23-9-5-21(6-10-23)26(36)34-18-16-32(17-19-34)24-12-14-33(15-13-24)25(35)11-4-20-2-7-22(8-3-20)27(28,29)30/h2-3,5-10,24,31H,4,11-19H2,1H3. The van der Waals surface area contributed by atoms with Gasteiger partial charge in [-0.1, -0.05) is 12.1 Å². The maximum absolute atomic E-state index is 12.9. The number of anilines is 1. The summed E-state index contributed by atoms with van der Waals surface area (Å²) in [6.07, 6.45) is -0.941. The minimum Gasteiger partial charge on any atom is -0.343 e. The lowest BCUT2D eigenvalue weighted by molar-refractivity contribution is -0.137. The van der Waals surface area contributed by atoms with Crippen LogP contribution in [0.15, 0.2) is 48.5 Å². The zero-order valence-electron chi connectivity index (χ0n) is 21.8. The van der Waals surface area contributed by atoms with E-state index in [1.54, 1.807) is 29.2 Å². The molecule has 212 valence electrons. The number of rotatable bonds is 7. The van der Waals surface area contributed by atoms with E-state index in [2.05, 4.69) is 9.62 Å². The monoisotopic (exact) mass is 566 g/mol. The van der Waals surface area contributed by atoms with Crippen LogP contribution in [0.3, 0.4) is 0 Å². The molecule has 1 N–H and O–H groups in total. The SMILES string of the molecule is CS(=O)(=O)Nc1ccc(C(=O)N2CCN(C3CCN(C(=O)CCc4ccc(C(F)(F)F)cc4)CC3)CC2)cc1. The van der Waals surface area contributed by atoms with E-state index in [1.807, 2.05) is 4.90 Å². The summed E-state index contributed by atoms with van der Waals surface area (Å²) in [6.45, 7) is 3.95. The van der Waals surface area contributed by atoms with Crippen LogP contribution < -0.4 is 4.72 Å². The zero-order chi connectivity index (χ0) is 28.2. The number of benzene rings is 2. The minimum atomic E-state index is -4.37. The third kappa shape index (κ3) is 7.95. The second-order valence-corrected chi connectivity index (χ2v) is 11.8. The van der Waals surface area contributed by atoms with E-state index in [1.165, 1.54) is 12.1 Å². The minimum absolute atomic E-state index is 0.0153. The molecule has 2 aromatic rings. The van der Waals surface area contributed by atoms with E-state index in [9.17, 15) is 31.2 Å². The Morgan fingerprint density at radius 1 is 0.872 bits per heavy atom. The van der Waals surface area contributed by atoms with Crippen LogP contribution in [0.25, 0.3) is 0 Å². The first-order valence-corrected chi connectivity index (χ1v) is 14.8. The number of carbonyl (C=O) groups is 2. The number of piperazine rings is 1. The number of nitrogens with one attached hydrogen (secondary N) is 1. The van der Waals surface area contributed by atoms with E-state index in [-0.39, 0.29) is 18.2 Å². The van der Waals surface area contributed by atoms with Crippen molar-refractivity contribution >= 4 is 27.5 Å². The molecular weight excluding hydrogens is 533 g/mol. The highest BCUT2D eigenvalue weighted by Crippen LogP contribution is 2.29. The van der Waals surface area contributed by atoms with E-state index in [0.29, 0.717) is 55.5 Å². The Balaban J connectivity index is 1.19. The molecular formula is C27H33F3N4O4S. The third-order valence-electron chi connectivity index (χ3n) is 7.28. The number of likely N-dealkylation sites (tertiary alicyclic amines) is 1. The summed E-state index contributed by atoms with van der Waals surface area (Å²) in [5.41, 5.74) is 0.928. The molecule has 39 heavy (non-hydrogen) atoms. The zero-order valence-corrected chi connectivity index (χ0v) is 22.6. The van der Waals surface area contributed by atoms with Crippen LogP contribution >= 0.6 is 0 Å². The maximum atomic E-state index is 12.9. The number of hydrogen-bond donors (Lipinski definition) is 1. The highest BCUT2D eigenvalue weighted by molar-refractivity contribution is 7.92. The number of nitrogens with zero attached hydrogens (tertiary/aromatic N) is 3. The van der Waals surface area contributed by atoms with Crippen molar-refractivity contribution in [2.75, 3.05) is 50.2 Å². The number of sulfonamides is 1. The Bertz CT molecular complexity index is 1250. The Labute approximate surface area is 226 Å². The van der Waals surface area contributed by atoms with Gasteiger partial charge in [0.1, 0.15) is 0 Å². The molecule has 0 aliphatic carbocycles. The summed E-state index contributed by atoms with van der Waals surface area (Å²) in [5, 5.41) is 0. The van der Waals surface area contributed by atoms with E-state index >= 15 is 0 Å². The van der Waals surface area contributed by atoms with Gasteiger partial charge in [0.25, 0.3) is 5.91 Å². The smallest absolute Gasteiger partial charge is 0.343 e. The number of hydrogen-bond acceptors (Lipinski definition) is 5. The molecule has 2 fully saturated rings. The van der Waals surface area contributed by atoms with Crippen molar-refractivity contribution in [1.29, 1.82) is 0 Å². The fourth-order valence-electron chi connectivity index (χ4n) is 5.12. The van der Waals surface area contributed by atoms with E-state index in [4.69, 9.17) is 0 Å². The predicted molar refractivity (Wildman–Crippen MR) is 142 cm³/mol. The lowest BCUT2D eigenvalue weighted by Crippen LogP contribution is -2.54. The Morgan fingerprint density at radius 2 is 1.46 bits per heavy atom. The second-order valence-electron chi connectivity index (χ2n) is 10.1. The highest BCUT2D eigenvalue weighted by Gasteiger charge is 2.31. The van der Waals surface area contributed by atoms with Crippen molar-refractivity contribution < 1.29 is 31.2 Å². The van der Waals surface area contributed by atoms with Gasteiger partial charge in [-0.2, -0.15) is 13.2 Å². The molecule has 2 aromatic carbocycles. The molecule has 2 aliphatic rings. The first-order chi connectivity index (χ1) is 18.4. The van der Waals surface area contributed by atoms with Crippen molar-refractivity contribution in [3.8, 4) is 0 Å². The molecule has 0 radical (unpaired) electrons. The fourth-order valence-corrected chi connectivity index (χ4v) is 5.68. The Morgan fingerprint density at radius 3 is 2.00 bits per heavy atom. The molecule has 2 heterocycles. The van der Waals surface area contributed by atoms with Crippen molar-refractivity contribution in [3.63, 3.8) is 0 Å². The first-order valence-electron chi connectivity index (χ1n) is 12.9. The molecule has 0 bridgehead atoms.